The highest BCUT2D eigenvalue weighted by Gasteiger charge is 2.26. The fourth-order valence-corrected chi connectivity index (χ4v) is 1.92. The van der Waals surface area contributed by atoms with E-state index in [1.165, 1.54) is 0 Å². The van der Waals surface area contributed by atoms with Crippen LogP contribution < -0.4 is 5.32 Å². The fraction of sp³-hybridized carbons (Fsp3) is 0.429. The van der Waals surface area contributed by atoms with Gasteiger partial charge >= 0.3 is 12.0 Å². The maximum Gasteiger partial charge on any atom is 0.335 e. The topological polar surface area (TPSA) is 69.6 Å². The third kappa shape index (κ3) is 3.46. The molecule has 1 aliphatic rings. The summed E-state index contributed by atoms with van der Waals surface area (Å²) in [5.41, 5.74) is -0.170. The summed E-state index contributed by atoms with van der Waals surface area (Å²) in [7, 11) is 0. The Bertz CT molecular complexity index is 529. The molecule has 1 aliphatic carbocycles. The first-order valence-electron chi connectivity index (χ1n) is 6.60. The van der Waals surface area contributed by atoms with Gasteiger partial charge in [0.2, 0.25) is 0 Å². The van der Waals surface area contributed by atoms with Crippen molar-refractivity contribution in [1.29, 1.82) is 0 Å². The average molecular weight is 280 g/mol. The summed E-state index contributed by atoms with van der Waals surface area (Å²) in [5.74, 6) is -1.27. The van der Waals surface area contributed by atoms with Crippen molar-refractivity contribution in [2.75, 3.05) is 18.4 Å². The Morgan fingerprint density at radius 3 is 2.70 bits per heavy atom. The Morgan fingerprint density at radius 1 is 1.45 bits per heavy atom. The molecule has 108 valence electrons. The molecule has 0 saturated heterocycles. The van der Waals surface area contributed by atoms with Crippen LogP contribution in [0.5, 0.6) is 0 Å². The molecule has 0 atom stereocenters. The third-order valence-electron chi connectivity index (χ3n) is 3.30. The Hall–Kier alpha value is -2.11. The minimum absolute atomic E-state index is 0.0630. The summed E-state index contributed by atoms with van der Waals surface area (Å²) in [6, 6.07) is 2.92. The van der Waals surface area contributed by atoms with Crippen molar-refractivity contribution >= 4 is 17.7 Å². The zero-order valence-corrected chi connectivity index (χ0v) is 11.2. The zero-order valence-electron chi connectivity index (χ0n) is 11.2. The van der Waals surface area contributed by atoms with Crippen molar-refractivity contribution in [2.45, 2.75) is 19.8 Å². The van der Waals surface area contributed by atoms with Gasteiger partial charge in [-0.25, -0.2) is 14.0 Å². The maximum atomic E-state index is 13.6. The van der Waals surface area contributed by atoms with Gasteiger partial charge in [0.05, 0.1) is 11.3 Å². The van der Waals surface area contributed by atoms with E-state index in [1.807, 2.05) is 6.92 Å². The molecule has 6 heteroatoms. The van der Waals surface area contributed by atoms with Crippen molar-refractivity contribution in [1.82, 2.24) is 4.90 Å². The molecule has 5 nitrogen and oxygen atoms in total. The minimum Gasteiger partial charge on any atom is -0.478 e. The summed E-state index contributed by atoms with van der Waals surface area (Å²) in [5, 5.41) is 11.3. The lowest BCUT2D eigenvalue weighted by Crippen LogP contribution is -2.36. The summed E-state index contributed by atoms with van der Waals surface area (Å²) < 4.78 is 13.6. The molecule has 2 N–H and O–H groups in total. The Balaban J connectivity index is 2.09. The Morgan fingerprint density at radius 2 is 2.15 bits per heavy atom. The molecule has 1 saturated carbocycles. The molecule has 0 radical (unpaired) electrons. The summed E-state index contributed by atoms with van der Waals surface area (Å²) in [6.45, 7) is 3.04. The second kappa shape index (κ2) is 5.90. The first-order valence-corrected chi connectivity index (χ1v) is 6.60. The number of carbonyl (C=O) groups excluding carboxylic acids is 1. The molecule has 1 aromatic rings. The standard InChI is InChI=1S/C14H17FN2O3/c1-2-17(8-9-3-4-9)14(20)16-12-7-10(13(18)19)5-6-11(12)15/h5-7,9H,2-4,8H2,1H3,(H,16,20)(H,18,19). The Labute approximate surface area is 116 Å². The fourth-order valence-electron chi connectivity index (χ4n) is 1.92. The number of carboxylic acid groups (broad SMARTS) is 1. The number of hydrogen-bond acceptors (Lipinski definition) is 2. The van der Waals surface area contributed by atoms with E-state index in [-0.39, 0.29) is 11.3 Å². The van der Waals surface area contributed by atoms with Crippen molar-refractivity contribution in [3.05, 3.63) is 29.6 Å². The smallest absolute Gasteiger partial charge is 0.335 e. The monoisotopic (exact) mass is 280 g/mol. The van der Waals surface area contributed by atoms with Crippen molar-refractivity contribution < 1.29 is 19.1 Å². The molecule has 0 spiro atoms. The number of urea groups is 1. The van der Waals surface area contributed by atoms with Crippen LogP contribution in [0.25, 0.3) is 0 Å². The highest BCUT2D eigenvalue weighted by atomic mass is 19.1. The van der Waals surface area contributed by atoms with Gasteiger partial charge in [0, 0.05) is 13.1 Å². The van der Waals surface area contributed by atoms with Gasteiger partial charge in [0.15, 0.2) is 0 Å². The van der Waals surface area contributed by atoms with Crippen molar-refractivity contribution in [3.8, 4) is 0 Å². The number of nitrogens with one attached hydrogen (secondary N) is 1. The molecule has 0 unspecified atom stereocenters. The second-order valence-corrected chi connectivity index (χ2v) is 4.91. The van der Waals surface area contributed by atoms with Crippen LogP contribution in [0.15, 0.2) is 18.2 Å². The highest BCUT2D eigenvalue weighted by Crippen LogP contribution is 2.29. The molecule has 1 fully saturated rings. The first-order chi connectivity index (χ1) is 9.51. The Kier molecular flexibility index (Phi) is 4.22. The first kappa shape index (κ1) is 14.3. The number of hydrogen-bond donors (Lipinski definition) is 2. The number of halogens is 1. The quantitative estimate of drug-likeness (QED) is 0.871. The highest BCUT2D eigenvalue weighted by molar-refractivity contribution is 5.93. The van der Waals surface area contributed by atoms with Gasteiger partial charge in [-0.05, 0) is 43.9 Å². The van der Waals surface area contributed by atoms with E-state index < -0.39 is 17.8 Å². The molecule has 0 heterocycles. The van der Waals surface area contributed by atoms with Crippen LogP contribution in [0.2, 0.25) is 0 Å². The van der Waals surface area contributed by atoms with Gasteiger partial charge in [-0.2, -0.15) is 0 Å². The lowest BCUT2D eigenvalue weighted by Gasteiger charge is -2.21. The van der Waals surface area contributed by atoms with E-state index in [1.54, 1.807) is 4.90 Å². The van der Waals surface area contributed by atoms with Crippen LogP contribution in [0.1, 0.15) is 30.1 Å². The second-order valence-electron chi connectivity index (χ2n) is 4.91. The van der Waals surface area contributed by atoms with Crippen LogP contribution in [0, 0.1) is 11.7 Å². The zero-order chi connectivity index (χ0) is 14.7. The average Bonchev–Trinajstić information content (AvgIpc) is 3.22. The van der Waals surface area contributed by atoms with Gasteiger partial charge in [-0.3, -0.25) is 0 Å². The molecular formula is C14H17FN2O3. The number of carbonyl (C=O) groups is 2. The predicted molar refractivity (Wildman–Crippen MR) is 72.3 cm³/mol. The van der Waals surface area contributed by atoms with Gasteiger partial charge in [-0.15, -0.1) is 0 Å². The normalized spacial score (nSPS) is 13.9. The number of nitrogens with zero attached hydrogens (tertiary/aromatic N) is 1. The largest absolute Gasteiger partial charge is 0.478 e. The van der Waals surface area contributed by atoms with Crippen LogP contribution >= 0.6 is 0 Å². The van der Waals surface area contributed by atoms with E-state index in [9.17, 15) is 14.0 Å². The maximum absolute atomic E-state index is 13.6. The molecule has 0 aliphatic heterocycles. The van der Waals surface area contributed by atoms with Crippen molar-refractivity contribution in [2.24, 2.45) is 5.92 Å². The van der Waals surface area contributed by atoms with Crippen LogP contribution in [-0.4, -0.2) is 35.1 Å². The molecule has 0 aromatic heterocycles. The van der Waals surface area contributed by atoms with E-state index >= 15 is 0 Å². The third-order valence-corrected chi connectivity index (χ3v) is 3.30. The van der Waals surface area contributed by atoms with E-state index in [2.05, 4.69) is 5.32 Å². The molecule has 1 aromatic carbocycles. The number of amides is 2. The van der Waals surface area contributed by atoms with E-state index in [0.717, 1.165) is 31.0 Å². The summed E-state index contributed by atoms with van der Waals surface area (Å²) in [6.07, 6.45) is 2.24. The molecule has 0 bridgehead atoms. The number of rotatable bonds is 5. The summed E-state index contributed by atoms with van der Waals surface area (Å²) >= 11 is 0. The number of carboxylic acids is 1. The number of aromatic carboxylic acids is 1. The van der Waals surface area contributed by atoms with E-state index in [0.29, 0.717) is 19.0 Å². The lowest BCUT2D eigenvalue weighted by atomic mass is 10.2. The molecule has 20 heavy (non-hydrogen) atoms. The van der Waals surface area contributed by atoms with Crippen LogP contribution in [0.4, 0.5) is 14.9 Å². The minimum atomic E-state index is -1.16. The number of anilines is 1. The lowest BCUT2D eigenvalue weighted by molar-refractivity contribution is 0.0697. The van der Waals surface area contributed by atoms with Crippen LogP contribution in [0.3, 0.4) is 0 Å². The molecule has 2 rings (SSSR count). The van der Waals surface area contributed by atoms with Gasteiger partial charge in [0.1, 0.15) is 5.82 Å². The van der Waals surface area contributed by atoms with Crippen LogP contribution in [-0.2, 0) is 0 Å². The van der Waals surface area contributed by atoms with Crippen molar-refractivity contribution in [3.63, 3.8) is 0 Å². The molecule has 2 amide bonds. The molecular weight excluding hydrogens is 263 g/mol. The summed E-state index contributed by atoms with van der Waals surface area (Å²) in [4.78, 5) is 24.5. The number of benzene rings is 1. The van der Waals surface area contributed by atoms with Gasteiger partial charge < -0.3 is 15.3 Å². The predicted octanol–water partition coefficient (Wildman–Crippen LogP) is 2.79. The van der Waals surface area contributed by atoms with Gasteiger partial charge in [0.25, 0.3) is 0 Å². The van der Waals surface area contributed by atoms with Gasteiger partial charge in [-0.1, -0.05) is 0 Å². The van der Waals surface area contributed by atoms with E-state index in [4.69, 9.17) is 5.11 Å². The SMILES string of the molecule is CCN(CC1CC1)C(=O)Nc1cc(C(=O)O)ccc1F.